The molecule has 1 heterocycles. The van der Waals surface area contributed by atoms with Gasteiger partial charge in [-0.05, 0) is 59.7 Å². The Labute approximate surface area is 189 Å². The number of carbonyl (C=O) groups is 2. The molecule has 1 N–H and O–H groups in total. The highest BCUT2D eigenvalue weighted by molar-refractivity contribution is 6.37. The van der Waals surface area contributed by atoms with E-state index in [4.69, 9.17) is 27.9 Å². The molecule has 2 amide bonds. The summed E-state index contributed by atoms with van der Waals surface area (Å²) >= 11 is 12.0. The van der Waals surface area contributed by atoms with Crippen molar-refractivity contribution >= 4 is 46.3 Å². The number of rotatable bonds is 6. The molecule has 0 unspecified atom stereocenters. The average molecular weight is 453 g/mol. The quantitative estimate of drug-likeness (QED) is 0.509. The number of amides is 2. The number of hydrogen-bond acceptors (Lipinski definition) is 4. The fourth-order valence-corrected chi connectivity index (χ4v) is 3.56. The van der Waals surface area contributed by atoms with E-state index in [2.05, 4.69) is 5.32 Å². The van der Waals surface area contributed by atoms with Crippen LogP contribution in [0.1, 0.15) is 11.1 Å². The molecule has 0 saturated heterocycles. The third-order valence-corrected chi connectivity index (χ3v) is 5.42. The minimum atomic E-state index is -0.402. The highest BCUT2D eigenvalue weighted by Crippen LogP contribution is 2.32. The SMILES string of the molecule is COc1ccc(NC2=C(c3ccc(Cl)cc3)C(=O)N(Cc3ccc(Cl)cc3)C2=O)cc1. The van der Waals surface area contributed by atoms with Gasteiger partial charge in [0.25, 0.3) is 11.8 Å². The first kappa shape index (κ1) is 21.0. The predicted octanol–water partition coefficient (Wildman–Crippen LogP) is 5.39. The highest BCUT2D eigenvalue weighted by Gasteiger charge is 2.39. The van der Waals surface area contributed by atoms with E-state index in [1.165, 1.54) is 4.90 Å². The van der Waals surface area contributed by atoms with Gasteiger partial charge in [0.15, 0.2) is 0 Å². The monoisotopic (exact) mass is 452 g/mol. The second-order valence-corrected chi connectivity index (χ2v) is 7.81. The molecule has 5 nitrogen and oxygen atoms in total. The number of ether oxygens (including phenoxy) is 1. The van der Waals surface area contributed by atoms with Crippen LogP contribution in [-0.4, -0.2) is 23.8 Å². The van der Waals surface area contributed by atoms with Crippen LogP contribution in [0.15, 0.2) is 78.5 Å². The Morgan fingerprint density at radius 2 is 1.39 bits per heavy atom. The maximum Gasteiger partial charge on any atom is 0.278 e. The number of hydrogen-bond donors (Lipinski definition) is 1. The van der Waals surface area contributed by atoms with Crippen molar-refractivity contribution < 1.29 is 14.3 Å². The summed E-state index contributed by atoms with van der Waals surface area (Å²) in [5, 5.41) is 4.25. The Morgan fingerprint density at radius 3 is 1.97 bits per heavy atom. The molecule has 4 rings (SSSR count). The maximum absolute atomic E-state index is 13.3. The van der Waals surface area contributed by atoms with Gasteiger partial charge in [0, 0.05) is 15.7 Å². The van der Waals surface area contributed by atoms with Gasteiger partial charge in [-0.15, -0.1) is 0 Å². The topological polar surface area (TPSA) is 58.6 Å². The van der Waals surface area contributed by atoms with E-state index in [-0.39, 0.29) is 18.1 Å². The third-order valence-electron chi connectivity index (χ3n) is 4.91. The molecular formula is C24H18Cl2N2O3. The van der Waals surface area contributed by atoms with Gasteiger partial charge in [0.05, 0.1) is 19.2 Å². The molecule has 0 radical (unpaired) electrons. The zero-order valence-electron chi connectivity index (χ0n) is 16.6. The zero-order valence-corrected chi connectivity index (χ0v) is 18.1. The van der Waals surface area contributed by atoms with Crippen LogP contribution in [0.2, 0.25) is 10.0 Å². The Morgan fingerprint density at radius 1 is 0.806 bits per heavy atom. The van der Waals surface area contributed by atoms with E-state index >= 15 is 0 Å². The van der Waals surface area contributed by atoms with Crippen LogP contribution in [0, 0.1) is 0 Å². The summed E-state index contributed by atoms with van der Waals surface area (Å²) in [4.78, 5) is 27.8. The van der Waals surface area contributed by atoms with Crippen molar-refractivity contribution in [2.75, 3.05) is 12.4 Å². The summed E-state index contributed by atoms with van der Waals surface area (Å²) in [7, 11) is 1.58. The number of anilines is 1. The van der Waals surface area contributed by atoms with Crippen LogP contribution < -0.4 is 10.1 Å². The summed E-state index contributed by atoms with van der Waals surface area (Å²) < 4.78 is 5.18. The minimum Gasteiger partial charge on any atom is -0.497 e. The first-order chi connectivity index (χ1) is 15.0. The van der Waals surface area contributed by atoms with Crippen LogP contribution in [-0.2, 0) is 16.1 Å². The lowest BCUT2D eigenvalue weighted by Gasteiger charge is -2.15. The van der Waals surface area contributed by atoms with Gasteiger partial charge in [0.2, 0.25) is 0 Å². The number of nitrogens with zero attached hydrogens (tertiary/aromatic N) is 1. The smallest absolute Gasteiger partial charge is 0.278 e. The molecule has 0 fully saturated rings. The molecule has 0 spiro atoms. The van der Waals surface area contributed by atoms with E-state index < -0.39 is 5.91 Å². The normalized spacial score (nSPS) is 13.7. The molecule has 0 atom stereocenters. The standard InChI is InChI=1S/C24H18Cl2N2O3/c1-31-20-12-10-19(11-13-20)27-22-21(16-4-8-18(26)9-5-16)23(29)28(24(22)30)14-15-2-6-17(25)7-3-15/h2-13,27H,14H2,1H3. The summed E-state index contributed by atoms with van der Waals surface area (Å²) in [6, 6.07) is 21.0. The van der Waals surface area contributed by atoms with Crippen LogP contribution in [0.4, 0.5) is 5.69 Å². The predicted molar refractivity (Wildman–Crippen MR) is 122 cm³/mol. The fraction of sp³-hybridized carbons (Fsp3) is 0.0833. The van der Waals surface area contributed by atoms with Gasteiger partial charge in [-0.1, -0.05) is 47.5 Å². The molecule has 3 aromatic carbocycles. The first-order valence-electron chi connectivity index (χ1n) is 9.48. The number of benzene rings is 3. The summed E-state index contributed by atoms with van der Waals surface area (Å²) in [5.74, 6) is -0.0883. The van der Waals surface area contributed by atoms with Crippen molar-refractivity contribution in [2.24, 2.45) is 0 Å². The van der Waals surface area contributed by atoms with Gasteiger partial charge >= 0.3 is 0 Å². The number of carbonyl (C=O) groups excluding carboxylic acids is 2. The Hall–Kier alpha value is -3.28. The van der Waals surface area contributed by atoms with Crippen LogP contribution >= 0.6 is 23.2 Å². The van der Waals surface area contributed by atoms with Crippen LogP contribution in [0.5, 0.6) is 5.75 Å². The van der Waals surface area contributed by atoms with E-state index in [1.807, 2.05) is 0 Å². The van der Waals surface area contributed by atoms with Crippen LogP contribution in [0.3, 0.4) is 0 Å². The van der Waals surface area contributed by atoms with Gasteiger partial charge < -0.3 is 10.1 Å². The molecular weight excluding hydrogens is 435 g/mol. The Kier molecular flexibility index (Phi) is 5.98. The van der Waals surface area contributed by atoms with E-state index in [0.717, 1.165) is 5.56 Å². The fourth-order valence-electron chi connectivity index (χ4n) is 3.31. The number of imide groups is 1. The minimum absolute atomic E-state index is 0.139. The third kappa shape index (κ3) is 4.43. The Bertz CT molecular complexity index is 1150. The van der Waals surface area contributed by atoms with E-state index in [1.54, 1.807) is 79.9 Å². The van der Waals surface area contributed by atoms with Gasteiger partial charge in [-0.25, -0.2) is 0 Å². The second kappa shape index (κ2) is 8.84. The molecule has 3 aromatic rings. The maximum atomic E-state index is 13.3. The molecule has 1 aliphatic rings. The first-order valence-corrected chi connectivity index (χ1v) is 10.2. The lowest BCUT2D eigenvalue weighted by Crippen LogP contribution is -2.32. The number of nitrogens with one attached hydrogen (secondary N) is 1. The van der Waals surface area contributed by atoms with E-state index in [0.29, 0.717) is 32.6 Å². The van der Waals surface area contributed by atoms with Gasteiger partial charge in [-0.2, -0.15) is 0 Å². The lowest BCUT2D eigenvalue weighted by molar-refractivity contribution is -0.137. The van der Waals surface area contributed by atoms with Crippen molar-refractivity contribution in [1.29, 1.82) is 0 Å². The van der Waals surface area contributed by atoms with Crippen molar-refractivity contribution in [3.63, 3.8) is 0 Å². The van der Waals surface area contributed by atoms with Crippen molar-refractivity contribution in [2.45, 2.75) is 6.54 Å². The molecule has 0 aromatic heterocycles. The van der Waals surface area contributed by atoms with Gasteiger partial charge in [0.1, 0.15) is 11.4 Å². The zero-order chi connectivity index (χ0) is 22.0. The molecule has 0 aliphatic carbocycles. The van der Waals surface area contributed by atoms with E-state index in [9.17, 15) is 9.59 Å². The largest absolute Gasteiger partial charge is 0.497 e. The van der Waals surface area contributed by atoms with Gasteiger partial charge in [-0.3, -0.25) is 14.5 Å². The molecule has 1 aliphatic heterocycles. The van der Waals surface area contributed by atoms with Crippen LogP contribution in [0.25, 0.3) is 5.57 Å². The molecule has 7 heteroatoms. The molecule has 156 valence electrons. The van der Waals surface area contributed by atoms with Crippen molar-refractivity contribution in [3.05, 3.63) is 99.7 Å². The van der Waals surface area contributed by atoms with Crippen molar-refractivity contribution in [3.8, 4) is 5.75 Å². The lowest BCUT2D eigenvalue weighted by atomic mass is 10.0. The summed E-state index contributed by atoms with van der Waals surface area (Å²) in [6.07, 6.45) is 0. The highest BCUT2D eigenvalue weighted by atomic mass is 35.5. The summed E-state index contributed by atoms with van der Waals surface area (Å²) in [6.45, 7) is 0.139. The molecule has 0 saturated carbocycles. The number of methoxy groups -OCH3 is 1. The Balaban J connectivity index is 1.71. The number of halogens is 2. The second-order valence-electron chi connectivity index (χ2n) is 6.93. The molecule has 0 bridgehead atoms. The molecule has 31 heavy (non-hydrogen) atoms. The average Bonchev–Trinajstić information content (AvgIpc) is 3.00. The summed E-state index contributed by atoms with van der Waals surface area (Å²) in [5.41, 5.74) is 2.58. The van der Waals surface area contributed by atoms with Crippen molar-refractivity contribution in [1.82, 2.24) is 4.90 Å².